The van der Waals surface area contributed by atoms with Gasteiger partial charge in [-0.3, -0.25) is 4.99 Å². The van der Waals surface area contributed by atoms with Gasteiger partial charge in [0.05, 0.1) is 0 Å². The lowest BCUT2D eigenvalue weighted by Crippen LogP contribution is -2.56. The number of benzene rings is 2. The van der Waals surface area contributed by atoms with Crippen LogP contribution in [0.25, 0.3) is 0 Å². The minimum Gasteiger partial charge on any atom is -0.350 e. The topological polar surface area (TPSA) is 18.8 Å². The molecule has 2 aromatic carbocycles. The second-order valence-electron chi connectivity index (χ2n) is 6.83. The van der Waals surface area contributed by atoms with Crippen LogP contribution in [0.2, 0.25) is 5.02 Å². The first kappa shape index (κ1) is 14.4. The van der Waals surface area contributed by atoms with E-state index in [2.05, 4.69) is 52.3 Å². The van der Waals surface area contributed by atoms with Crippen molar-refractivity contribution in [2.24, 2.45) is 4.99 Å². The summed E-state index contributed by atoms with van der Waals surface area (Å²) in [6.07, 6.45) is 2.69. The monoisotopic (exact) mass is 337 g/mol. The van der Waals surface area contributed by atoms with E-state index in [4.69, 9.17) is 16.6 Å². The van der Waals surface area contributed by atoms with Crippen molar-refractivity contribution >= 4 is 23.1 Å². The Kier molecular flexibility index (Phi) is 3.30. The summed E-state index contributed by atoms with van der Waals surface area (Å²) >= 11 is 6.28. The van der Waals surface area contributed by atoms with Gasteiger partial charge >= 0.3 is 0 Å². The Bertz CT molecular complexity index is 802. The third-order valence-corrected chi connectivity index (χ3v) is 5.74. The summed E-state index contributed by atoms with van der Waals surface area (Å²) < 4.78 is 0. The third kappa shape index (κ3) is 2.07. The molecule has 2 unspecified atom stereocenters. The van der Waals surface area contributed by atoms with Gasteiger partial charge in [-0.2, -0.15) is 0 Å². The lowest BCUT2D eigenvalue weighted by Gasteiger charge is -2.47. The molecule has 3 aliphatic rings. The standard InChI is InChI=1S/C20H20ClN3/c21-15-7-8-18-17(13-15)19-22-10-4-11-24(19)20-16(9-12-23(18)20)14-5-2-1-3-6-14/h1-3,5-8,13,16,20H,4,9-12H2. The first-order chi connectivity index (χ1) is 11.8. The summed E-state index contributed by atoms with van der Waals surface area (Å²) in [5, 5.41) is 0.791. The minimum absolute atomic E-state index is 0.375. The average molecular weight is 338 g/mol. The van der Waals surface area contributed by atoms with Crippen molar-refractivity contribution in [3.63, 3.8) is 0 Å². The van der Waals surface area contributed by atoms with E-state index in [1.54, 1.807) is 0 Å². The minimum atomic E-state index is 0.375. The summed E-state index contributed by atoms with van der Waals surface area (Å²) in [4.78, 5) is 9.96. The average Bonchev–Trinajstić information content (AvgIpc) is 3.08. The molecule has 4 heteroatoms. The fraction of sp³-hybridized carbons (Fsp3) is 0.350. The molecule has 0 amide bonds. The fourth-order valence-corrected chi connectivity index (χ4v) is 4.69. The van der Waals surface area contributed by atoms with Crippen LogP contribution in [-0.4, -0.2) is 36.5 Å². The van der Waals surface area contributed by atoms with Gasteiger partial charge in [-0.15, -0.1) is 0 Å². The zero-order chi connectivity index (χ0) is 16.1. The lowest BCUT2D eigenvalue weighted by molar-refractivity contribution is 0.275. The van der Waals surface area contributed by atoms with E-state index in [0.717, 1.165) is 36.9 Å². The van der Waals surface area contributed by atoms with Gasteiger partial charge in [0.25, 0.3) is 0 Å². The van der Waals surface area contributed by atoms with Gasteiger partial charge < -0.3 is 9.80 Å². The Morgan fingerprint density at radius 2 is 1.88 bits per heavy atom. The number of hydrogen-bond acceptors (Lipinski definition) is 3. The highest BCUT2D eigenvalue weighted by molar-refractivity contribution is 6.31. The number of aliphatic imine (C=N–C) groups is 1. The molecule has 122 valence electrons. The van der Waals surface area contributed by atoms with Crippen molar-refractivity contribution in [1.29, 1.82) is 0 Å². The Morgan fingerprint density at radius 1 is 1.00 bits per heavy atom. The smallest absolute Gasteiger partial charge is 0.134 e. The first-order valence-corrected chi connectivity index (χ1v) is 9.13. The maximum atomic E-state index is 6.28. The van der Waals surface area contributed by atoms with Crippen LogP contribution in [0.5, 0.6) is 0 Å². The summed E-state index contributed by atoms with van der Waals surface area (Å²) in [5.41, 5.74) is 3.93. The molecule has 2 atom stereocenters. The normalized spacial score (nSPS) is 25.0. The second kappa shape index (κ2) is 5.52. The number of nitrogens with zero attached hydrogens (tertiary/aromatic N) is 3. The Balaban J connectivity index is 1.65. The van der Waals surface area contributed by atoms with E-state index in [-0.39, 0.29) is 0 Å². The van der Waals surface area contributed by atoms with Crippen molar-refractivity contribution in [2.45, 2.75) is 24.9 Å². The second-order valence-corrected chi connectivity index (χ2v) is 7.26. The Hall–Kier alpha value is -2.00. The number of rotatable bonds is 1. The first-order valence-electron chi connectivity index (χ1n) is 8.75. The predicted molar refractivity (Wildman–Crippen MR) is 99.1 cm³/mol. The van der Waals surface area contributed by atoms with Crippen LogP contribution >= 0.6 is 11.6 Å². The zero-order valence-electron chi connectivity index (χ0n) is 13.5. The molecule has 3 heterocycles. The predicted octanol–water partition coefficient (Wildman–Crippen LogP) is 4.13. The molecule has 1 saturated heterocycles. The maximum Gasteiger partial charge on any atom is 0.134 e. The summed E-state index contributed by atoms with van der Waals surface area (Å²) in [6.45, 7) is 3.08. The molecule has 0 bridgehead atoms. The molecular formula is C20H20ClN3. The maximum absolute atomic E-state index is 6.28. The molecule has 0 aliphatic carbocycles. The largest absolute Gasteiger partial charge is 0.350 e. The van der Waals surface area contributed by atoms with E-state index < -0.39 is 0 Å². The molecule has 0 saturated carbocycles. The molecule has 0 aromatic heterocycles. The van der Waals surface area contributed by atoms with Gasteiger partial charge in [0.15, 0.2) is 0 Å². The van der Waals surface area contributed by atoms with Crippen molar-refractivity contribution in [3.05, 3.63) is 64.7 Å². The van der Waals surface area contributed by atoms with Crippen LogP contribution in [0.3, 0.4) is 0 Å². The Labute approximate surface area is 147 Å². The number of halogens is 1. The highest BCUT2D eigenvalue weighted by Gasteiger charge is 2.45. The number of amidine groups is 1. The van der Waals surface area contributed by atoms with Gasteiger partial charge in [-0.1, -0.05) is 41.9 Å². The van der Waals surface area contributed by atoms with Gasteiger partial charge in [-0.25, -0.2) is 0 Å². The van der Waals surface area contributed by atoms with E-state index in [1.807, 2.05) is 6.07 Å². The molecule has 2 aromatic rings. The van der Waals surface area contributed by atoms with Gasteiger partial charge in [0.2, 0.25) is 0 Å². The Morgan fingerprint density at radius 3 is 2.75 bits per heavy atom. The van der Waals surface area contributed by atoms with E-state index in [0.29, 0.717) is 12.1 Å². The molecule has 1 fully saturated rings. The van der Waals surface area contributed by atoms with Crippen LogP contribution in [0.15, 0.2) is 53.5 Å². The van der Waals surface area contributed by atoms with Crippen molar-refractivity contribution < 1.29 is 0 Å². The van der Waals surface area contributed by atoms with E-state index in [9.17, 15) is 0 Å². The van der Waals surface area contributed by atoms with E-state index in [1.165, 1.54) is 23.2 Å². The molecule has 0 radical (unpaired) electrons. The van der Waals surface area contributed by atoms with Crippen molar-refractivity contribution in [3.8, 4) is 0 Å². The van der Waals surface area contributed by atoms with Crippen LogP contribution in [0.4, 0.5) is 5.69 Å². The number of hydrogen-bond donors (Lipinski definition) is 0. The molecule has 0 spiro atoms. The van der Waals surface area contributed by atoms with Crippen molar-refractivity contribution in [1.82, 2.24) is 4.90 Å². The fourth-order valence-electron chi connectivity index (χ4n) is 4.52. The highest BCUT2D eigenvalue weighted by Crippen LogP contribution is 2.44. The zero-order valence-corrected chi connectivity index (χ0v) is 14.3. The molecule has 3 nitrogen and oxygen atoms in total. The van der Waals surface area contributed by atoms with Crippen molar-refractivity contribution in [2.75, 3.05) is 24.5 Å². The summed E-state index contributed by atoms with van der Waals surface area (Å²) in [7, 11) is 0. The molecule has 5 rings (SSSR count). The molecule has 24 heavy (non-hydrogen) atoms. The molecular weight excluding hydrogens is 318 g/mol. The molecule has 0 N–H and O–H groups in total. The number of fused-ring (bicyclic) bond motifs is 6. The van der Waals surface area contributed by atoms with Gasteiger partial charge in [-0.05, 0) is 36.6 Å². The van der Waals surface area contributed by atoms with Crippen LogP contribution in [-0.2, 0) is 0 Å². The summed E-state index contributed by atoms with van der Waals surface area (Å²) in [6, 6.07) is 17.2. The molecule has 3 aliphatic heterocycles. The third-order valence-electron chi connectivity index (χ3n) is 5.51. The van der Waals surface area contributed by atoms with Gasteiger partial charge in [0, 0.05) is 41.8 Å². The quantitative estimate of drug-likeness (QED) is 0.779. The van der Waals surface area contributed by atoms with Crippen LogP contribution < -0.4 is 4.90 Å². The SMILES string of the molecule is Clc1ccc2c(c1)C1=NCCCN1C1C(c3ccccc3)CCN21. The summed E-state index contributed by atoms with van der Waals surface area (Å²) in [5.74, 6) is 1.67. The highest BCUT2D eigenvalue weighted by atomic mass is 35.5. The van der Waals surface area contributed by atoms with Crippen LogP contribution in [0.1, 0.15) is 29.9 Å². The van der Waals surface area contributed by atoms with Crippen LogP contribution in [0, 0.1) is 0 Å². The lowest BCUT2D eigenvalue weighted by atomic mass is 9.92. The van der Waals surface area contributed by atoms with Gasteiger partial charge in [0.1, 0.15) is 12.0 Å². The number of anilines is 1. The van der Waals surface area contributed by atoms with E-state index >= 15 is 0 Å².